The van der Waals surface area contributed by atoms with Crippen LogP contribution in [0.4, 0.5) is 10.1 Å². The Morgan fingerprint density at radius 1 is 1.17 bits per heavy atom. The third kappa shape index (κ3) is 5.32. The second-order valence-corrected chi connectivity index (χ2v) is 7.77. The molecular weight excluding hydrogens is 387 g/mol. The van der Waals surface area contributed by atoms with Gasteiger partial charge in [0.25, 0.3) is 0 Å². The molecule has 0 atom stereocenters. The molecule has 1 aromatic heterocycles. The molecule has 5 nitrogen and oxygen atoms in total. The standard InChI is InChI=1S/C22H23FN4OS/c1-4-13-27-21(17-5-9-18(23)10-6-17)25-26-22(27)29-14-20(28)24-19-11-7-16(8-12-19)15(2)3/h4-12,15H,1,13-14H2,2-3H3,(H,24,28). The summed E-state index contributed by atoms with van der Waals surface area (Å²) in [5.41, 5.74) is 2.74. The fourth-order valence-corrected chi connectivity index (χ4v) is 3.53. The molecule has 0 aliphatic heterocycles. The molecule has 0 saturated heterocycles. The number of rotatable bonds is 8. The third-order valence-electron chi connectivity index (χ3n) is 4.32. The second kappa shape index (κ2) is 9.52. The van der Waals surface area contributed by atoms with Crippen LogP contribution in [0, 0.1) is 5.82 Å². The van der Waals surface area contributed by atoms with Crippen LogP contribution in [0.25, 0.3) is 11.4 Å². The van der Waals surface area contributed by atoms with E-state index in [2.05, 4.69) is 35.9 Å². The molecule has 3 rings (SSSR count). The van der Waals surface area contributed by atoms with Gasteiger partial charge in [-0.1, -0.05) is 43.8 Å². The van der Waals surface area contributed by atoms with E-state index >= 15 is 0 Å². The van der Waals surface area contributed by atoms with E-state index in [0.717, 1.165) is 11.3 Å². The monoisotopic (exact) mass is 410 g/mol. The molecule has 0 radical (unpaired) electrons. The molecule has 1 amide bonds. The van der Waals surface area contributed by atoms with Gasteiger partial charge < -0.3 is 5.32 Å². The van der Waals surface area contributed by atoms with E-state index in [9.17, 15) is 9.18 Å². The van der Waals surface area contributed by atoms with Crippen LogP contribution in [-0.4, -0.2) is 26.4 Å². The summed E-state index contributed by atoms with van der Waals surface area (Å²) in [7, 11) is 0. The van der Waals surface area contributed by atoms with Crippen LogP contribution in [0.15, 0.2) is 66.3 Å². The van der Waals surface area contributed by atoms with Crippen molar-refractivity contribution in [3.8, 4) is 11.4 Å². The third-order valence-corrected chi connectivity index (χ3v) is 5.29. The van der Waals surface area contributed by atoms with Crippen LogP contribution < -0.4 is 5.32 Å². The molecule has 2 aromatic carbocycles. The maximum atomic E-state index is 13.2. The zero-order valence-electron chi connectivity index (χ0n) is 16.4. The molecule has 3 aromatic rings. The quantitative estimate of drug-likeness (QED) is 0.413. The minimum absolute atomic E-state index is 0.121. The van der Waals surface area contributed by atoms with Gasteiger partial charge in [-0.15, -0.1) is 16.8 Å². The molecule has 0 aliphatic carbocycles. The summed E-state index contributed by atoms with van der Waals surface area (Å²) in [6.45, 7) is 8.52. The van der Waals surface area contributed by atoms with E-state index in [1.807, 2.05) is 28.8 Å². The van der Waals surface area contributed by atoms with Gasteiger partial charge in [0.15, 0.2) is 11.0 Å². The van der Waals surface area contributed by atoms with E-state index < -0.39 is 0 Å². The van der Waals surface area contributed by atoms with Gasteiger partial charge in [0, 0.05) is 17.8 Å². The molecule has 0 saturated carbocycles. The molecule has 0 bridgehead atoms. The number of amides is 1. The first-order valence-electron chi connectivity index (χ1n) is 9.30. The molecule has 0 spiro atoms. The first kappa shape index (κ1) is 20.8. The Hall–Kier alpha value is -2.93. The summed E-state index contributed by atoms with van der Waals surface area (Å²) >= 11 is 1.30. The summed E-state index contributed by atoms with van der Waals surface area (Å²) in [5.74, 6) is 0.823. The summed E-state index contributed by atoms with van der Waals surface area (Å²) in [6.07, 6.45) is 1.73. The minimum atomic E-state index is -0.309. The van der Waals surface area contributed by atoms with Crippen LogP contribution in [0.1, 0.15) is 25.3 Å². The first-order valence-corrected chi connectivity index (χ1v) is 10.3. The van der Waals surface area contributed by atoms with E-state index in [1.165, 1.54) is 29.5 Å². The molecule has 0 unspecified atom stereocenters. The van der Waals surface area contributed by atoms with Crippen LogP contribution in [-0.2, 0) is 11.3 Å². The number of hydrogen-bond acceptors (Lipinski definition) is 4. The highest BCUT2D eigenvalue weighted by Crippen LogP contribution is 2.25. The predicted octanol–water partition coefficient (Wildman–Crippen LogP) is 5.12. The van der Waals surface area contributed by atoms with Gasteiger partial charge in [-0.2, -0.15) is 0 Å². The topological polar surface area (TPSA) is 59.8 Å². The van der Waals surface area contributed by atoms with Crippen molar-refractivity contribution in [2.24, 2.45) is 0 Å². The van der Waals surface area contributed by atoms with Gasteiger partial charge in [-0.05, 0) is 47.9 Å². The van der Waals surface area contributed by atoms with Crippen LogP contribution >= 0.6 is 11.8 Å². The van der Waals surface area contributed by atoms with Crippen molar-refractivity contribution in [3.63, 3.8) is 0 Å². The zero-order valence-corrected chi connectivity index (χ0v) is 17.2. The SMILES string of the molecule is C=CCn1c(SCC(=O)Nc2ccc(C(C)C)cc2)nnc1-c1ccc(F)cc1. The Morgan fingerprint density at radius 3 is 2.48 bits per heavy atom. The summed E-state index contributed by atoms with van der Waals surface area (Å²) in [4.78, 5) is 12.3. The fourth-order valence-electron chi connectivity index (χ4n) is 2.78. The highest BCUT2D eigenvalue weighted by molar-refractivity contribution is 7.99. The largest absolute Gasteiger partial charge is 0.325 e. The average molecular weight is 411 g/mol. The molecule has 1 N–H and O–H groups in total. The van der Waals surface area contributed by atoms with Crippen molar-refractivity contribution < 1.29 is 9.18 Å². The van der Waals surface area contributed by atoms with Crippen LogP contribution in [0.2, 0.25) is 0 Å². The number of carbonyl (C=O) groups excluding carboxylic acids is 1. The number of allylic oxidation sites excluding steroid dienone is 1. The molecular formula is C22H23FN4OS. The smallest absolute Gasteiger partial charge is 0.234 e. The lowest BCUT2D eigenvalue weighted by molar-refractivity contribution is -0.113. The summed E-state index contributed by atoms with van der Waals surface area (Å²) in [5, 5.41) is 11.9. The molecule has 7 heteroatoms. The van der Waals surface area contributed by atoms with Gasteiger partial charge in [-0.3, -0.25) is 9.36 Å². The lowest BCUT2D eigenvalue weighted by Gasteiger charge is -2.09. The predicted molar refractivity (Wildman–Crippen MR) is 115 cm³/mol. The zero-order chi connectivity index (χ0) is 20.8. The summed E-state index contributed by atoms with van der Waals surface area (Å²) in [6, 6.07) is 13.9. The average Bonchev–Trinajstić information content (AvgIpc) is 3.10. The number of thioether (sulfide) groups is 1. The highest BCUT2D eigenvalue weighted by atomic mass is 32.2. The van der Waals surface area contributed by atoms with Gasteiger partial charge in [0.1, 0.15) is 5.82 Å². The number of nitrogens with zero attached hydrogens (tertiary/aromatic N) is 3. The molecule has 1 heterocycles. The molecule has 29 heavy (non-hydrogen) atoms. The molecule has 150 valence electrons. The Morgan fingerprint density at radius 2 is 1.86 bits per heavy atom. The number of anilines is 1. The van der Waals surface area contributed by atoms with Crippen LogP contribution in [0.3, 0.4) is 0 Å². The number of benzene rings is 2. The van der Waals surface area contributed by atoms with Crippen molar-refractivity contribution in [2.45, 2.75) is 31.5 Å². The molecule has 0 aliphatic rings. The normalized spacial score (nSPS) is 10.9. The first-order chi connectivity index (χ1) is 14.0. The van der Waals surface area contributed by atoms with E-state index in [-0.39, 0.29) is 17.5 Å². The van der Waals surface area contributed by atoms with Crippen molar-refractivity contribution in [2.75, 3.05) is 11.1 Å². The number of halogens is 1. The lowest BCUT2D eigenvalue weighted by atomic mass is 10.0. The maximum Gasteiger partial charge on any atom is 0.234 e. The van der Waals surface area contributed by atoms with Crippen molar-refractivity contribution >= 4 is 23.4 Å². The number of nitrogens with one attached hydrogen (secondary N) is 1. The van der Waals surface area contributed by atoms with Gasteiger partial charge in [-0.25, -0.2) is 4.39 Å². The molecule has 0 fully saturated rings. The number of carbonyl (C=O) groups is 1. The number of hydrogen-bond donors (Lipinski definition) is 1. The second-order valence-electron chi connectivity index (χ2n) is 6.83. The summed E-state index contributed by atoms with van der Waals surface area (Å²) < 4.78 is 15.1. The Kier molecular flexibility index (Phi) is 6.82. The van der Waals surface area contributed by atoms with Gasteiger partial charge >= 0.3 is 0 Å². The van der Waals surface area contributed by atoms with Gasteiger partial charge in [0.2, 0.25) is 5.91 Å². The van der Waals surface area contributed by atoms with Crippen molar-refractivity contribution in [3.05, 3.63) is 72.6 Å². The van der Waals surface area contributed by atoms with Gasteiger partial charge in [0.05, 0.1) is 5.75 Å². The highest BCUT2D eigenvalue weighted by Gasteiger charge is 2.15. The van der Waals surface area contributed by atoms with Crippen LogP contribution in [0.5, 0.6) is 0 Å². The Balaban J connectivity index is 1.67. The Labute approximate surface area is 174 Å². The Bertz CT molecular complexity index is 981. The number of aromatic nitrogens is 3. The minimum Gasteiger partial charge on any atom is -0.325 e. The van der Waals surface area contributed by atoms with Crippen molar-refractivity contribution in [1.82, 2.24) is 14.8 Å². The van der Waals surface area contributed by atoms with E-state index in [4.69, 9.17) is 0 Å². The van der Waals surface area contributed by atoms with E-state index in [1.54, 1.807) is 18.2 Å². The maximum absolute atomic E-state index is 13.2. The van der Waals surface area contributed by atoms with E-state index in [0.29, 0.717) is 23.4 Å². The van der Waals surface area contributed by atoms with Crippen molar-refractivity contribution in [1.29, 1.82) is 0 Å². The fraction of sp³-hybridized carbons (Fsp3) is 0.227. The lowest BCUT2D eigenvalue weighted by Crippen LogP contribution is -2.14.